The van der Waals surface area contributed by atoms with Crippen molar-refractivity contribution in [1.29, 1.82) is 0 Å². The summed E-state index contributed by atoms with van der Waals surface area (Å²) in [5.74, 6) is 0.112. The summed E-state index contributed by atoms with van der Waals surface area (Å²) >= 11 is 1.55. The van der Waals surface area contributed by atoms with Crippen LogP contribution in [0.1, 0.15) is 47.9 Å². The summed E-state index contributed by atoms with van der Waals surface area (Å²) in [5.41, 5.74) is 2.63. The normalized spacial score (nSPS) is 14.9. The van der Waals surface area contributed by atoms with E-state index < -0.39 is 0 Å². The van der Waals surface area contributed by atoms with E-state index in [1.807, 2.05) is 41.7 Å². The summed E-state index contributed by atoms with van der Waals surface area (Å²) in [6.45, 7) is 9.14. The topological polar surface area (TPSA) is 76.5 Å². The van der Waals surface area contributed by atoms with Crippen molar-refractivity contribution in [3.05, 3.63) is 34.6 Å². The number of ether oxygens (including phenoxy) is 1. The Labute approximate surface area is 176 Å². The van der Waals surface area contributed by atoms with Crippen LogP contribution in [0.15, 0.2) is 17.6 Å². The summed E-state index contributed by atoms with van der Waals surface area (Å²) in [6.07, 6.45) is 4.00. The van der Waals surface area contributed by atoms with Crippen LogP contribution in [0, 0.1) is 19.8 Å². The average molecular weight is 419 g/mol. The minimum atomic E-state index is -0.0195. The van der Waals surface area contributed by atoms with Crippen molar-refractivity contribution < 1.29 is 14.3 Å². The molecule has 3 rings (SSSR count). The van der Waals surface area contributed by atoms with Crippen molar-refractivity contribution in [3.8, 4) is 5.13 Å². The Balaban J connectivity index is 1.54. The number of rotatable bonds is 8. The number of piperidine rings is 1. The molecule has 0 radical (unpaired) electrons. The van der Waals surface area contributed by atoms with Crippen molar-refractivity contribution in [1.82, 2.24) is 19.8 Å². The molecule has 0 spiro atoms. The van der Waals surface area contributed by atoms with Crippen molar-refractivity contribution >= 4 is 23.2 Å². The molecule has 1 aliphatic heterocycles. The predicted molar refractivity (Wildman–Crippen MR) is 114 cm³/mol. The zero-order valence-corrected chi connectivity index (χ0v) is 18.3. The highest BCUT2D eigenvalue weighted by atomic mass is 32.1. The zero-order chi connectivity index (χ0) is 20.8. The second-order valence-corrected chi connectivity index (χ2v) is 8.22. The molecule has 0 unspecified atom stereocenters. The molecule has 1 saturated heterocycles. The van der Waals surface area contributed by atoms with Gasteiger partial charge in [0.15, 0.2) is 5.13 Å². The Morgan fingerprint density at radius 1 is 1.31 bits per heavy atom. The molecule has 7 nitrogen and oxygen atoms in total. The summed E-state index contributed by atoms with van der Waals surface area (Å²) in [5, 5.41) is 5.80. The molecule has 29 heavy (non-hydrogen) atoms. The molecule has 3 heterocycles. The number of aromatic nitrogens is 2. The van der Waals surface area contributed by atoms with Gasteiger partial charge in [-0.3, -0.25) is 14.2 Å². The first-order valence-electron chi connectivity index (χ1n) is 10.3. The van der Waals surface area contributed by atoms with Gasteiger partial charge in [0.05, 0.1) is 5.56 Å². The van der Waals surface area contributed by atoms with Gasteiger partial charge in [0, 0.05) is 61.7 Å². The highest BCUT2D eigenvalue weighted by Crippen LogP contribution is 2.25. The number of hydrogen-bond acceptors (Lipinski definition) is 5. The lowest BCUT2D eigenvalue weighted by Gasteiger charge is -2.31. The summed E-state index contributed by atoms with van der Waals surface area (Å²) in [6, 6.07) is 1.94. The van der Waals surface area contributed by atoms with Crippen molar-refractivity contribution in [3.63, 3.8) is 0 Å². The fourth-order valence-electron chi connectivity index (χ4n) is 3.79. The first-order valence-corrected chi connectivity index (χ1v) is 11.1. The lowest BCUT2D eigenvalue weighted by molar-refractivity contribution is -0.126. The minimum absolute atomic E-state index is 0.0195. The van der Waals surface area contributed by atoms with Gasteiger partial charge in [-0.25, -0.2) is 4.98 Å². The molecular formula is C21H30N4O3S. The van der Waals surface area contributed by atoms with Crippen LogP contribution < -0.4 is 5.32 Å². The Morgan fingerprint density at radius 2 is 2.07 bits per heavy atom. The number of nitrogens with one attached hydrogen (secondary N) is 1. The van der Waals surface area contributed by atoms with E-state index in [0.717, 1.165) is 28.5 Å². The summed E-state index contributed by atoms with van der Waals surface area (Å²) in [7, 11) is 0. The van der Waals surface area contributed by atoms with Crippen LogP contribution in [0.5, 0.6) is 0 Å². The maximum Gasteiger partial charge on any atom is 0.255 e. The fourth-order valence-corrected chi connectivity index (χ4v) is 4.54. The van der Waals surface area contributed by atoms with Crippen LogP contribution >= 0.6 is 11.3 Å². The smallest absolute Gasteiger partial charge is 0.255 e. The Morgan fingerprint density at radius 3 is 2.72 bits per heavy atom. The number of thiazole rings is 1. The van der Waals surface area contributed by atoms with Crippen LogP contribution in [-0.4, -0.2) is 59.1 Å². The SMILES string of the molecule is CCOCCCNC(=O)C1CCN(C(=O)c2cc(C)n(-c3nccs3)c2C)CC1. The van der Waals surface area contributed by atoms with Gasteiger partial charge in [-0.1, -0.05) is 0 Å². The summed E-state index contributed by atoms with van der Waals surface area (Å²) in [4.78, 5) is 31.7. The minimum Gasteiger partial charge on any atom is -0.382 e. The molecule has 2 amide bonds. The number of carbonyl (C=O) groups is 2. The van der Waals surface area contributed by atoms with E-state index in [1.54, 1.807) is 17.5 Å². The predicted octanol–water partition coefficient (Wildman–Crippen LogP) is 2.95. The molecule has 2 aromatic rings. The number of likely N-dealkylation sites (tertiary alicyclic amines) is 1. The standard InChI is InChI=1S/C21H30N4O3S/c1-4-28-12-5-8-22-19(26)17-6-10-24(11-7-17)20(27)18-14-15(2)25(16(18)3)21-23-9-13-29-21/h9,13-14,17H,4-8,10-12H2,1-3H3,(H,22,26). The van der Waals surface area contributed by atoms with Crippen molar-refractivity contribution in [2.24, 2.45) is 5.92 Å². The second-order valence-electron chi connectivity index (χ2n) is 7.34. The Hall–Kier alpha value is -2.19. The summed E-state index contributed by atoms with van der Waals surface area (Å²) < 4.78 is 7.31. The highest BCUT2D eigenvalue weighted by molar-refractivity contribution is 7.12. The molecule has 2 aromatic heterocycles. The van der Waals surface area contributed by atoms with E-state index in [1.165, 1.54) is 0 Å². The third-order valence-electron chi connectivity index (χ3n) is 5.39. The van der Waals surface area contributed by atoms with Gasteiger partial charge in [-0.2, -0.15) is 0 Å². The van der Waals surface area contributed by atoms with Crippen LogP contribution in [0.25, 0.3) is 5.13 Å². The Kier molecular flexibility index (Phi) is 7.44. The lowest BCUT2D eigenvalue weighted by atomic mass is 9.95. The molecule has 0 saturated carbocycles. The molecule has 1 aliphatic rings. The first-order chi connectivity index (χ1) is 14.0. The quantitative estimate of drug-likeness (QED) is 0.669. The van der Waals surface area contributed by atoms with E-state index in [-0.39, 0.29) is 17.7 Å². The second kappa shape index (κ2) is 10.0. The Bertz CT molecular complexity index is 823. The van der Waals surface area contributed by atoms with Gasteiger partial charge in [0.1, 0.15) is 0 Å². The third kappa shape index (κ3) is 5.05. The zero-order valence-electron chi connectivity index (χ0n) is 17.4. The van der Waals surface area contributed by atoms with Crippen LogP contribution in [-0.2, 0) is 9.53 Å². The average Bonchev–Trinajstić information content (AvgIpc) is 3.35. The number of aryl methyl sites for hydroxylation is 1. The molecular weight excluding hydrogens is 388 g/mol. The van der Waals surface area contributed by atoms with Crippen molar-refractivity contribution in [2.45, 2.75) is 40.0 Å². The number of amides is 2. The molecule has 0 aliphatic carbocycles. The van der Waals surface area contributed by atoms with Gasteiger partial charge >= 0.3 is 0 Å². The molecule has 8 heteroatoms. The van der Waals surface area contributed by atoms with E-state index in [4.69, 9.17) is 4.74 Å². The van der Waals surface area contributed by atoms with Crippen LogP contribution in [0.2, 0.25) is 0 Å². The molecule has 158 valence electrons. The third-order valence-corrected chi connectivity index (χ3v) is 6.15. The van der Waals surface area contributed by atoms with Crippen LogP contribution in [0.4, 0.5) is 0 Å². The van der Waals surface area contributed by atoms with Crippen molar-refractivity contribution in [2.75, 3.05) is 32.8 Å². The van der Waals surface area contributed by atoms with E-state index in [2.05, 4.69) is 10.3 Å². The van der Waals surface area contributed by atoms with E-state index >= 15 is 0 Å². The highest BCUT2D eigenvalue weighted by Gasteiger charge is 2.29. The molecule has 0 atom stereocenters. The van der Waals surface area contributed by atoms with Crippen LogP contribution in [0.3, 0.4) is 0 Å². The van der Waals surface area contributed by atoms with E-state index in [9.17, 15) is 9.59 Å². The largest absolute Gasteiger partial charge is 0.382 e. The number of hydrogen-bond donors (Lipinski definition) is 1. The number of carbonyl (C=O) groups excluding carboxylic acids is 2. The molecule has 0 aromatic carbocycles. The van der Waals surface area contributed by atoms with Gasteiger partial charge in [0.2, 0.25) is 5.91 Å². The van der Waals surface area contributed by atoms with Gasteiger partial charge in [-0.15, -0.1) is 11.3 Å². The fraction of sp³-hybridized carbons (Fsp3) is 0.571. The molecule has 1 fully saturated rings. The van der Waals surface area contributed by atoms with Gasteiger partial charge in [0.25, 0.3) is 5.91 Å². The van der Waals surface area contributed by atoms with Gasteiger partial charge < -0.3 is 15.0 Å². The molecule has 1 N–H and O–H groups in total. The lowest BCUT2D eigenvalue weighted by Crippen LogP contribution is -2.43. The number of nitrogens with zero attached hydrogens (tertiary/aromatic N) is 3. The van der Waals surface area contributed by atoms with Gasteiger partial charge in [-0.05, 0) is 46.1 Å². The monoisotopic (exact) mass is 418 g/mol. The van der Waals surface area contributed by atoms with E-state index in [0.29, 0.717) is 45.7 Å². The maximum absolute atomic E-state index is 13.1. The first kappa shape index (κ1) is 21.5. The molecule has 0 bridgehead atoms. The maximum atomic E-state index is 13.1.